The molecule has 1 heterocycles. The molecule has 1 N–H and O–H groups in total. The van der Waals surface area contributed by atoms with E-state index in [2.05, 4.69) is 25.2 Å². The third kappa shape index (κ3) is 1.37. The first-order valence-electron chi connectivity index (χ1n) is 4.74. The SMILES string of the molecule is CC1Nc2c(cccc2C(C)C)O1. The fourth-order valence-corrected chi connectivity index (χ4v) is 1.71. The van der Waals surface area contributed by atoms with Crippen molar-refractivity contribution in [1.82, 2.24) is 0 Å². The quantitative estimate of drug-likeness (QED) is 0.712. The summed E-state index contributed by atoms with van der Waals surface area (Å²) in [6.07, 6.45) is 0.106. The summed E-state index contributed by atoms with van der Waals surface area (Å²) in [4.78, 5) is 0. The normalized spacial score (nSPS) is 19.5. The summed E-state index contributed by atoms with van der Waals surface area (Å²) in [5.41, 5.74) is 2.51. The van der Waals surface area contributed by atoms with Crippen LogP contribution in [0.4, 0.5) is 5.69 Å². The van der Waals surface area contributed by atoms with Crippen molar-refractivity contribution < 1.29 is 4.74 Å². The maximum atomic E-state index is 5.59. The fraction of sp³-hybridized carbons (Fsp3) is 0.455. The summed E-state index contributed by atoms with van der Waals surface area (Å²) in [5.74, 6) is 1.52. The molecule has 0 spiro atoms. The lowest BCUT2D eigenvalue weighted by atomic mass is 10.0. The molecule has 0 radical (unpaired) electrons. The molecule has 0 aromatic heterocycles. The van der Waals surface area contributed by atoms with Gasteiger partial charge in [0.05, 0.1) is 5.69 Å². The number of nitrogens with one attached hydrogen (secondary N) is 1. The first kappa shape index (κ1) is 8.42. The molecule has 0 aliphatic carbocycles. The predicted octanol–water partition coefficient (Wildman–Crippen LogP) is 2.96. The number of hydrogen-bond donors (Lipinski definition) is 1. The van der Waals surface area contributed by atoms with Gasteiger partial charge in [0.2, 0.25) is 0 Å². The minimum Gasteiger partial charge on any atom is -0.469 e. The predicted molar refractivity (Wildman–Crippen MR) is 54.2 cm³/mol. The number of ether oxygens (including phenoxy) is 1. The van der Waals surface area contributed by atoms with Crippen molar-refractivity contribution in [3.8, 4) is 5.75 Å². The van der Waals surface area contributed by atoms with Gasteiger partial charge in [-0.15, -0.1) is 0 Å². The highest BCUT2D eigenvalue weighted by Crippen LogP contribution is 2.37. The summed E-state index contributed by atoms with van der Waals surface area (Å²) in [7, 11) is 0. The monoisotopic (exact) mass is 177 g/mol. The molecule has 0 saturated heterocycles. The maximum Gasteiger partial charge on any atom is 0.167 e. The Bertz CT molecular complexity index is 320. The molecule has 0 amide bonds. The Labute approximate surface area is 78.9 Å². The van der Waals surface area contributed by atoms with Crippen LogP contribution >= 0.6 is 0 Å². The van der Waals surface area contributed by atoms with Gasteiger partial charge in [0.1, 0.15) is 5.75 Å². The van der Waals surface area contributed by atoms with E-state index in [1.54, 1.807) is 0 Å². The zero-order chi connectivity index (χ0) is 9.42. The molecular formula is C11H15NO. The Kier molecular flexibility index (Phi) is 1.91. The molecule has 2 nitrogen and oxygen atoms in total. The van der Waals surface area contributed by atoms with E-state index in [9.17, 15) is 0 Å². The van der Waals surface area contributed by atoms with E-state index in [0.717, 1.165) is 5.75 Å². The van der Waals surface area contributed by atoms with E-state index < -0.39 is 0 Å². The number of rotatable bonds is 1. The second-order valence-corrected chi connectivity index (χ2v) is 3.78. The second-order valence-electron chi connectivity index (χ2n) is 3.78. The highest BCUT2D eigenvalue weighted by atomic mass is 16.5. The Morgan fingerprint density at radius 3 is 2.85 bits per heavy atom. The molecule has 1 unspecified atom stereocenters. The smallest absolute Gasteiger partial charge is 0.167 e. The zero-order valence-corrected chi connectivity index (χ0v) is 8.29. The summed E-state index contributed by atoms with van der Waals surface area (Å²) in [6.45, 7) is 6.41. The van der Waals surface area contributed by atoms with E-state index in [1.807, 2.05) is 19.1 Å². The standard InChI is InChI=1S/C11H15NO/c1-7(2)9-5-4-6-10-11(9)12-8(3)13-10/h4-8,12H,1-3H3. The number of fused-ring (bicyclic) bond motifs is 1. The number of anilines is 1. The highest BCUT2D eigenvalue weighted by molar-refractivity contribution is 5.65. The van der Waals surface area contributed by atoms with Crippen LogP contribution in [-0.4, -0.2) is 6.23 Å². The van der Waals surface area contributed by atoms with Gasteiger partial charge in [-0.1, -0.05) is 26.0 Å². The van der Waals surface area contributed by atoms with E-state index >= 15 is 0 Å². The van der Waals surface area contributed by atoms with E-state index in [1.165, 1.54) is 11.3 Å². The average molecular weight is 177 g/mol. The van der Waals surface area contributed by atoms with Crippen molar-refractivity contribution in [2.45, 2.75) is 32.9 Å². The largest absolute Gasteiger partial charge is 0.469 e. The van der Waals surface area contributed by atoms with Crippen molar-refractivity contribution in [1.29, 1.82) is 0 Å². The molecule has 1 atom stereocenters. The molecule has 0 fully saturated rings. The van der Waals surface area contributed by atoms with Crippen molar-refractivity contribution >= 4 is 5.69 Å². The minimum atomic E-state index is 0.106. The van der Waals surface area contributed by atoms with Gasteiger partial charge in [0.25, 0.3) is 0 Å². The first-order valence-corrected chi connectivity index (χ1v) is 4.74. The van der Waals surface area contributed by atoms with E-state index in [4.69, 9.17) is 4.74 Å². The molecule has 1 aromatic carbocycles. The summed E-state index contributed by atoms with van der Waals surface area (Å²) < 4.78 is 5.59. The van der Waals surface area contributed by atoms with Crippen LogP contribution in [0, 0.1) is 0 Å². The van der Waals surface area contributed by atoms with Crippen LogP contribution in [0.15, 0.2) is 18.2 Å². The first-order chi connectivity index (χ1) is 6.18. The van der Waals surface area contributed by atoms with Crippen LogP contribution in [0.5, 0.6) is 5.75 Å². The summed E-state index contributed by atoms with van der Waals surface area (Å²) in [5, 5.41) is 3.33. The molecule has 13 heavy (non-hydrogen) atoms. The maximum absolute atomic E-state index is 5.59. The molecule has 1 aliphatic heterocycles. The molecule has 70 valence electrons. The fourth-order valence-electron chi connectivity index (χ4n) is 1.71. The Hall–Kier alpha value is -1.18. The van der Waals surface area contributed by atoms with Crippen molar-refractivity contribution in [3.05, 3.63) is 23.8 Å². The lowest BCUT2D eigenvalue weighted by Gasteiger charge is -2.09. The second kappa shape index (κ2) is 2.95. The van der Waals surface area contributed by atoms with Crippen LogP contribution in [0.3, 0.4) is 0 Å². The van der Waals surface area contributed by atoms with E-state index in [-0.39, 0.29) is 6.23 Å². The van der Waals surface area contributed by atoms with Gasteiger partial charge >= 0.3 is 0 Å². The van der Waals surface area contributed by atoms with Crippen LogP contribution < -0.4 is 10.1 Å². The molecule has 1 aromatic rings. The summed E-state index contributed by atoms with van der Waals surface area (Å²) in [6, 6.07) is 6.21. The van der Waals surface area contributed by atoms with Gasteiger partial charge in [0, 0.05) is 0 Å². The minimum absolute atomic E-state index is 0.106. The van der Waals surface area contributed by atoms with Crippen LogP contribution in [0.1, 0.15) is 32.3 Å². The van der Waals surface area contributed by atoms with Crippen LogP contribution in [-0.2, 0) is 0 Å². The van der Waals surface area contributed by atoms with Gasteiger partial charge in [-0.25, -0.2) is 0 Å². The average Bonchev–Trinajstić information content (AvgIpc) is 2.43. The molecule has 0 saturated carbocycles. The third-order valence-corrected chi connectivity index (χ3v) is 2.33. The van der Waals surface area contributed by atoms with E-state index in [0.29, 0.717) is 5.92 Å². The molecule has 1 aliphatic rings. The van der Waals surface area contributed by atoms with Gasteiger partial charge in [-0.2, -0.15) is 0 Å². The topological polar surface area (TPSA) is 21.3 Å². The number of benzene rings is 1. The molecule has 2 rings (SSSR count). The zero-order valence-electron chi connectivity index (χ0n) is 8.29. The van der Waals surface area contributed by atoms with Gasteiger partial charge in [-0.3, -0.25) is 0 Å². The van der Waals surface area contributed by atoms with Crippen molar-refractivity contribution in [2.75, 3.05) is 5.32 Å². The van der Waals surface area contributed by atoms with Gasteiger partial charge < -0.3 is 10.1 Å². The molecule has 2 heteroatoms. The lowest BCUT2D eigenvalue weighted by molar-refractivity contribution is 0.275. The summed E-state index contributed by atoms with van der Waals surface area (Å²) >= 11 is 0. The Balaban J connectivity index is 2.45. The van der Waals surface area contributed by atoms with Crippen molar-refractivity contribution in [3.63, 3.8) is 0 Å². The number of hydrogen-bond acceptors (Lipinski definition) is 2. The van der Waals surface area contributed by atoms with Crippen LogP contribution in [0.25, 0.3) is 0 Å². The van der Waals surface area contributed by atoms with Crippen LogP contribution in [0.2, 0.25) is 0 Å². The number of para-hydroxylation sites is 1. The molecule has 0 bridgehead atoms. The molecular weight excluding hydrogens is 162 g/mol. The lowest BCUT2D eigenvalue weighted by Crippen LogP contribution is -2.14. The Morgan fingerprint density at radius 2 is 2.15 bits per heavy atom. The third-order valence-electron chi connectivity index (χ3n) is 2.33. The van der Waals surface area contributed by atoms with Gasteiger partial charge in [0.15, 0.2) is 6.23 Å². The Morgan fingerprint density at radius 1 is 1.38 bits per heavy atom. The highest BCUT2D eigenvalue weighted by Gasteiger charge is 2.21. The van der Waals surface area contributed by atoms with Gasteiger partial charge in [-0.05, 0) is 24.5 Å². The van der Waals surface area contributed by atoms with Crippen molar-refractivity contribution in [2.24, 2.45) is 0 Å².